The molecule has 0 bridgehead atoms. The molecule has 448 valence electrons. The minimum atomic E-state index is -0.790. The quantitative estimate of drug-likeness (QED) is 0.0261. The Bertz CT molecular complexity index is 1530. The Labute approximate surface area is 483 Å². The highest BCUT2D eigenvalue weighted by atomic mass is 16.6. The number of unbranched alkanes of at least 4 members (excludes halogenated alkanes) is 33. The van der Waals surface area contributed by atoms with Crippen LogP contribution in [0.5, 0.6) is 0 Å². The lowest BCUT2D eigenvalue weighted by atomic mass is 10.1. The molecule has 0 fully saturated rings. The highest BCUT2D eigenvalue weighted by Gasteiger charge is 2.19. The molecule has 0 amide bonds. The molecule has 0 aromatic heterocycles. The minimum Gasteiger partial charge on any atom is -0.462 e. The van der Waals surface area contributed by atoms with E-state index in [1.165, 1.54) is 167 Å². The Morgan fingerprint density at radius 2 is 0.500 bits per heavy atom. The summed E-state index contributed by atoms with van der Waals surface area (Å²) < 4.78 is 16.9. The van der Waals surface area contributed by atoms with Crippen LogP contribution in [0.15, 0.2) is 97.2 Å². The Balaban J connectivity index is 4.38. The van der Waals surface area contributed by atoms with Gasteiger partial charge in [0.25, 0.3) is 0 Å². The first-order valence-corrected chi connectivity index (χ1v) is 33.2. The van der Waals surface area contributed by atoms with Crippen LogP contribution >= 0.6 is 0 Å². The second kappa shape index (κ2) is 65.8. The third kappa shape index (κ3) is 63.2. The Morgan fingerprint density at radius 3 is 0.795 bits per heavy atom. The Hall–Kier alpha value is -3.67. The van der Waals surface area contributed by atoms with Crippen LogP contribution in [0.3, 0.4) is 0 Å². The smallest absolute Gasteiger partial charge is 0.306 e. The summed E-state index contributed by atoms with van der Waals surface area (Å²) in [5.74, 6) is -0.900. The Kier molecular flexibility index (Phi) is 62.7. The fraction of sp³-hybridized carbons (Fsp3) is 0.736. The van der Waals surface area contributed by atoms with E-state index < -0.39 is 6.10 Å². The van der Waals surface area contributed by atoms with Crippen molar-refractivity contribution in [3.63, 3.8) is 0 Å². The van der Waals surface area contributed by atoms with Gasteiger partial charge in [-0.2, -0.15) is 0 Å². The lowest BCUT2D eigenvalue weighted by molar-refractivity contribution is -0.167. The molecule has 0 aliphatic carbocycles. The van der Waals surface area contributed by atoms with Crippen molar-refractivity contribution in [3.8, 4) is 0 Å². The maximum atomic E-state index is 12.9. The molecule has 0 aromatic rings. The summed E-state index contributed by atoms with van der Waals surface area (Å²) in [5, 5.41) is 0. The van der Waals surface area contributed by atoms with E-state index in [9.17, 15) is 14.4 Å². The molecule has 0 N–H and O–H groups in total. The number of ether oxygens (including phenoxy) is 3. The van der Waals surface area contributed by atoms with Crippen LogP contribution in [0.2, 0.25) is 0 Å². The van der Waals surface area contributed by atoms with E-state index in [-0.39, 0.29) is 31.1 Å². The van der Waals surface area contributed by atoms with E-state index in [1.54, 1.807) is 0 Å². The molecule has 0 spiro atoms. The zero-order valence-corrected chi connectivity index (χ0v) is 51.4. The monoisotopic (exact) mass is 1080 g/mol. The molecule has 78 heavy (non-hydrogen) atoms. The summed E-state index contributed by atoms with van der Waals surface area (Å²) >= 11 is 0. The van der Waals surface area contributed by atoms with Gasteiger partial charge >= 0.3 is 17.9 Å². The fourth-order valence-corrected chi connectivity index (χ4v) is 9.32. The predicted molar refractivity (Wildman–Crippen MR) is 339 cm³/mol. The van der Waals surface area contributed by atoms with Crippen LogP contribution in [-0.4, -0.2) is 37.2 Å². The van der Waals surface area contributed by atoms with Gasteiger partial charge in [-0.3, -0.25) is 14.4 Å². The van der Waals surface area contributed by atoms with E-state index in [1.807, 2.05) is 0 Å². The van der Waals surface area contributed by atoms with Gasteiger partial charge in [0.1, 0.15) is 13.2 Å². The average molecular weight is 1090 g/mol. The highest BCUT2D eigenvalue weighted by Crippen LogP contribution is 2.16. The van der Waals surface area contributed by atoms with Crippen LogP contribution in [0.4, 0.5) is 0 Å². The van der Waals surface area contributed by atoms with Crippen LogP contribution in [0, 0.1) is 0 Å². The highest BCUT2D eigenvalue weighted by molar-refractivity contribution is 5.71. The molecule has 1 atom stereocenters. The van der Waals surface area contributed by atoms with Crippen molar-refractivity contribution < 1.29 is 28.6 Å². The van der Waals surface area contributed by atoms with Crippen LogP contribution < -0.4 is 0 Å². The maximum absolute atomic E-state index is 12.9. The molecule has 0 heterocycles. The number of rotatable bonds is 60. The SMILES string of the molecule is CC/C=C\C/C=C\C/C=C\C/C=C\C/C=C\C/C=C\CCCCCCCCC(=O)OCC(COC(=O)CCCCCCC/C=C\CCCCCCC)OC(=O)CCCCCCCCCCC/C=C\CCCCCCCCCC. The van der Waals surface area contributed by atoms with Crippen molar-refractivity contribution in [2.45, 2.75) is 329 Å². The third-order valence-electron chi connectivity index (χ3n) is 14.3. The summed E-state index contributed by atoms with van der Waals surface area (Å²) in [6.07, 6.45) is 88.4. The van der Waals surface area contributed by atoms with Gasteiger partial charge in [-0.1, -0.05) is 279 Å². The van der Waals surface area contributed by atoms with Gasteiger partial charge in [-0.25, -0.2) is 0 Å². The molecule has 1 unspecified atom stereocenters. The van der Waals surface area contributed by atoms with E-state index in [0.717, 1.165) is 116 Å². The van der Waals surface area contributed by atoms with Gasteiger partial charge < -0.3 is 14.2 Å². The first-order valence-electron chi connectivity index (χ1n) is 33.2. The molecular formula is C72H124O6. The number of esters is 3. The zero-order chi connectivity index (χ0) is 56.4. The largest absolute Gasteiger partial charge is 0.462 e. The standard InChI is InChI=1S/C72H124O6/c1-4-7-10-13-16-19-22-25-28-30-32-34-35-36-37-39-40-42-44-47-50-53-56-59-62-65-71(74)77-68-69(67-76-70(73)64-61-58-55-52-49-46-27-24-21-18-15-12-9-6-3)78-72(75)66-63-60-57-54-51-48-45-43-41-38-33-31-29-26-23-20-17-14-11-8-5-2/h7,10,16,19,24-25,27-28,31-34,36-37,40,42,69H,4-6,8-9,11-15,17-18,20-23,26,29-30,35,38-39,41,43-68H2,1-3H3/b10-7-,19-16-,27-24-,28-25-,33-31-,34-32-,37-36-,42-40-. The molecule has 6 heteroatoms. The van der Waals surface area contributed by atoms with Crippen molar-refractivity contribution in [3.05, 3.63) is 97.2 Å². The van der Waals surface area contributed by atoms with Crippen LogP contribution in [0.1, 0.15) is 323 Å². The molecule has 0 aromatic carbocycles. The van der Waals surface area contributed by atoms with Crippen molar-refractivity contribution in [2.75, 3.05) is 13.2 Å². The zero-order valence-electron chi connectivity index (χ0n) is 51.4. The van der Waals surface area contributed by atoms with Crippen molar-refractivity contribution in [2.24, 2.45) is 0 Å². The third-order valence-corrected chi connectivity index (χ3v) is 14.3. The molecular weight excluding hydrogens is 961 g/mol. The van der Waals surface area contributed by atoms with Crippen molar-refractivity contribution in [1.29, 1.82) is 0 Å². The molecule has 0 saturated heterocycles. The predicted octanol–water partition coefficient (Wildman–Crippen LogP) is 22.8. The van der Waals surface area contributed by atoms with Crippen molar-refractivity contribution >= 4 is 17.9 Å². The normalized spacial score (nSPS) is 12.7. The van der Waals surface area contributed by atoms with Gasteiger partial charge in [-0.05, 0) is 122 Å². The molecule has 6 nitrogen and oxygen atoms in total. The van der Waals surface area contributed by atoms with Crippen LogP contribution in [-0.2, 0) is 28.6 Å². The van der Waals surface area contributed by atoms with Gasteiger partial charge in [-0.15, -0.1) is 0 Å². The number of allylic oxidation sites excluding steroid dienone is 16. The lowest BCUT2D eigenvalue weighted by Gasteiger charge is -2.18. The first kappa shape index (κ1) is 74.3. The second-order valence-electron chi connectivity index (χ2n) is 22.0. The van der Waals surface area contributed by atoms with E-state index >= 15 is 0 Å². The van der Waals surface area contributed by atoms with Gasteiger partial charge in [0, 0.05) is 19.3 Å². The van der Waals surface area contributed by atoms with Crippen LogP contribution in [0.25, 0.3) is 0 Å². The first-order chi connectivity index (χ1) is 38.5. The van der Waals surface area contributed by atoms with E-state index in [2.05, 4.69) is 118 Å². The number of hydrogen-bond acceptors (Lipinski definition) is 6. The fourth-order valence-electron chi connectivity index (χ4n) is 9.32. The Morgan fingerprint density at radius 1 is 0.269 bits per heavy atom. The molecule has 0 radical (unpaired) electrons. The molecule has 0 aliphatic rings. The average Bonchev–Trinajstić information content (AvgIpc) is 3.44. The summed E-state index contributed by atoms with van der Waals surface area (Å²) in [6, 6.07) is 0. The van der Waals surface area contributed by atoms with Crippen molar-refractivity contribution in [1.82, 2.24) is 0 Å². The van der Waals surface area contributed by atoms with Gasteiger partial charge in [0.15, 0.2) is 6.10 Å². The number of hydrogen-bond donors (Lipinski definition) is 0. The maximum Gasteiger partial charge on any atom is 0.306 e. The number of carbonyl (C=O) groups excluding carboxylic acids is 3. The van der Waals surface area contributed by atoms with E-state index in [4.69, 9.17) is 14.2 Å². The molecule has 0 rings (SSSR count). The summed E-state index contributed by atoms with van der Waals surface area (Å²) in [7, 11) is 0. The van der Waals surface area contributed by atoms with E-state index in [0.29, 0.717) is 19.3 Å². The minimum absolute atomic E-state index is 0.0864. The second-order valence-corrected chi connectivity index (χ2v) is 22.0. The van der Waals surface area contributed by atoms with Gasteiger partial charge in [0.2, 0.25) is 0 Å². The topological polar surface area (TPSA) is 78.9 Å². The molecule has 0 aliphatic heterocycles. The summed E-state index contributed by atoms with van der Waals surface area (Å²) in [4.78, 5) is 38.4. The molecule has 0 saturated carbocycles. The number of carbonyl (C=O) groups is 3. The lowest BCUT2D eigenvalue weighted by Crippen LogP contribution is -2.30. The van der Waals surface area contributed by atoms with Gasteiger partial charge in [0.05, 0.1) is 0 Å². The summed E-state index contributed by atoms with van der Waals surface area (Å²) in [5.41, 5.74) is 0. The summed E-state index contributed by atoms with van der Waals surface area (Å²) in [6.45, 7) is 6.53.